The maximum atomic E-state index is 12.6. The van der Waals surface area contributed by atoms with Crippen molar-refractivity contribution in [3.63, 3.8) is 0 Å². The number of piperidine rings is 1. The minimum absolute atomic E-state index is 0.108. The smallest absolute Gasteiger partial charge is 0.255 e. The molecule has 0 bridgehead atoms. The topological polar surface area (TPSA) is 20.3 Å². The number of hydrogen-bond acceptors (Lipinski definition) is 2. The number of amides is 1. The molecule has 1 aromatic carbocycles. The minimum atomic E-state index is 0.108. The lowest BCUT2D eigenvalue weighted by Crippen LogP contribution is -2.44. The zero-order valence-corrected chi connectivity index (χ0v) is 13.2. The number of rotatable bonds is 1. The van der Waals surface area contributed by atoms with E-state index in [9.17, 15) is 4.79 Å². The molecule has 0 aliphatic carbocycles. The summed E-state index contributed by atoms with van der Waals surface area (Å²) in [5.74, 6) is 0.820. The van der Waals surface area contributed by atoms with Gasteiger partial charge < -0.3 is 4.90 Å². The van der Waals surface area contributed by atoms with Gasteiger partial charge in [0.25, 0.3) is 5.91 Å². The number of carbonyl (C=O) groups is 1. The van der Waals surface area contributed by atoms with E-state index in [0.29, 0.717) is 17.5 Å². The Morgan fingerprint density at radius 3 is 2.83 bits per heavy atom. The van der Waals surface area contributed by atoms with Crippen molar-refractivity contribution in [2.75, 3.05) is 6.54 Å². The van der Waals surface area contributed by atoms with E-state index in [0.717, 1.165) is 28.8 Å². The third-order valence-corrected chi connectivity index (χ3v) is 4.55. The number of nitrogens with zero attached hydrogens (tertiary/aromatic N) is 1. The fourth-order valence-corrected chi connectivity index (χ4v) is 3.16. The van der Waals surface area contributed by atoms with Crippen molar-refractivity contribution < 1.29 is 4.79 Å². The molecule has 0 aromatic heterocycles. The zero-order valence-electron chi connectivity index (χ0n) is 10.7. The van der Waals surface area contributed by atoms with Crippen molar-refractivity contribution >= 4 is 34.5 Å². The van der Waals surface area contributed by atoms with Crippen molar-refractivity contribution in [2.45, 2.75) is 37.6 Å². The van der Waals surface area contributed by atoms with Gasteiger partial charge in [-0.1, -0.05) is 6.92 Å². The average molecular weight is 328 g/mol. The molecule has 0 N–H and O–H groups in total. The van der Waals surface area contributed by atoms with Gasteiger partial charge in [-0.2, -0.15) is 0 Å². The Morgan fingerprint density at radius 2 is 2.17 bits per heavy atom. The Kier molecular flexibility index (Phi) is 4.38. The molecular formula is C14H18BrNOS. The third kappa shape index (κ3) is 2.91. The molecule has 1 heterocycles. The van der Waals surface area contributed by atoms with E-state index in [2.05, 4.69) is 42.4 Å². The Bertz CT molecular complexity index is 463. The summed E-state index contributed by atoms with van der Waals surface area (Å²) < 4.78 is 0.844. The minimum Gasteiger partial charge on any atom is -0.336 e. The SMILES string of the molecule is CC1CCN(C(=O)c2cc(S)ccc2Br)C(C)C1. The van der Waals surface area contributed by atoms with Crippen LogP contribution in [0.5, 0.6) is 0 Å². The number of carbonyl (C=O) groups excluding carboxylic acids is 1. The highest BCUT2D eigenvalue weighted by atomic mass is 79.9. The Balaban J connectivity index is 2.23. The van der Waals surface area contributed by atoms with Crippen LogP contribution in [-0.2, 0) is 0 Å². The van der Waals surface area contributed by atoms with Gasteiger partial charge in [-0.05, 0) is 59.8 Å². The van der Waals surface area contributed by atoms with Gasteiger partial charge in [-0.3, -0.25) is 4.79 Å². The molecule has 0 saturated carbocycles. The first kappa shape index (κ1) is 13.9. The lowest BCUT2D eigenvalue weighted by molar-refractivity contribution is 0.0587. The first-order chi connectivity index (χ1) is 8.49. The molecule has 2 unspecified atom stereocenters. The second-order valence-electron chi connectivity index (χ2n) is 5.14. The largest absolute Gasteiger partial charge is 0.336 e. The lowest BCUT2D eigenvalue weighted by atomic mass is 9.93. The van der Waals surface area contributed by atoms with Crippen molar-refractivity contribution in [1.29, 1.82) is 0 Å². The van der Waals surface area contributed by atoms with Crippen LogP contribution in [0.2, 0.25) is 0 Å². The Morgan fingerprint density at radius 1 is 1.44 bits per heavy atom. The molecule has 1 saturated heterocycles. The number of benzene rings is 1. The third-order valence-electron chi connectivity index (χ3n) is 3.58. The average Bonchev–Trinajstić information content (AvgIpc) is 2.31. The second kappa shape index (κ2) is 5.66. The molecule has 0 radical (unpaired) electrons. The molecular weight excluding hydrogens is 310 g/mol. The van der Waals surface area contributed by atoms with Crippen LogP contribution in [0, 0.1) is 5.92 Å². The van der Waals surface area contributed by atoms with Crippen molar-refractivity contribution in [1.82, 2.24) is 4.90 Å². The molecule has 0 spiro atoms. The summed E-state index contributed by atoms with van der Waals surface area (Å²) in [7, 11) is 0. The van der Waals surface area contributed by atoms with Crippen LogP contribution in [0.15, 0.2) is 27.6 Å². The summed E-state index contributed by atoms with van der Waals surface area (Å²) in [5, 5.41) is 0. The van der Waals surface area contributed by atoms with Crippen molar-refractivity contribution in [3.05, 3.63) is 28.2 Å². The molecule has 1 amide bonds. The van der Waals surface area contributed by atoms with Gasteiger partial charge in [0.2, 0.25) is 0 Å². The van der Waals surface area contributed by atoms with Crippen LogP contribution in [0.3, 0.4) is 0 Å². The van der Waals surface area contributed by atoms with Gasteiger partial charge in [0.05, 0.1) is 5.56 Å². The predicted molar refractivity (Wildman–Crippen MR) is 80.3 cm³/mol. The predicted octanol–water partition coefficient (Wildman–Crippen LogP) is 4.00. The molecule has 2 atom stereocenters. The van der Waals surface area contributed by atoms with Crippen LogP contribution >= 0.6 is 28.6 Å². The van der Waals surface area contributed by atoms with Gasteiger partial charge in [-0.25, -0.2) is 0 Å². The molecule has 18 heavy (non-hydrogen) atoms. The molecule has 2 rings (SSSR count). The summed E-state index contributed by atoms with van der Waals surface area (Å²) in [6.45, 7) is 5.24. The van der Waals surface area contributed by atoms with Crippen molar-refractivity contribution in [2.24, 2.45) is 5.92 Å². The van der Waals surface area contributed by atoms with E-state index in [-0.39, 0.29) is 5.91 Å². The fraction of sp³-hybridized carbons (Fsp3) is 0.500. The number of hydrogen-bond donors (Lipinski definition) is 1. The van der Waals surface area contributed by atoms with Crippen molar-refractivity contribution in [3.8, 4) is 0 Å². The van der Waals surface area contributed by atoms with E-state index in [1.165, 1.54) is 0 Å². The molecule has 1 aromatic rings. The highest BCUT2D eigenvalue weighted by Crippen LogP contribution is 2.27. The number of thiol groups is 1. The summed E-state index contributed by atoms with van der Waals surface area (Å²) in [6.07, 6.45) is 2.18. The van der Waals surface area contributed by atoms with Crippen LogP contribution in [0.25, 0.3) is 0 Å². The van der Waals surface area contributed by atoms with Gasteiger partial charge in [0.15, 0.2) is 0 Å². The quantitative estimate of drug-likeness (QED) is 0.773. The van der Waals surface area contributed by atoms with Crippen LogP contribution < -0.4 is 0 Å². The number of likely N-dealkylation sites (tertiary alicyclic amines) is 1. The Hall–Kier alpha value is -0.480. The van der Waals surface area contributed by atoms with E-state index >= 15 is 0 Å². The monoisotopic (exact) mass is 327 g/mol. The first-order valence-electron chi connectivity index (χ1n) is 6.28. The first-order valence-corrected chi connectivity index (χ1v) is 7.52. The summed E-state index contributed by atoms with van der Waals surface area (Å²) >= 11 is 7.75. The highest BCUT2D eigenvalue weighted by Gasteiger charge is 2.28. The van der Waals surface area contributed by atoms with E-state index in [1.54, 1.807) is 0 Å². The summed E-state index contributed by atoms with van der Waals surface area (Å²) in [4.78, 5) is 15.4. The maximum absolute atomic E-state index is 12.6. The van der Waals surface area contributed by atoms with Gasteiger partial charge in [0, 0.05) is 22.0 Å². The lowest BCUT2D eigenvalue weighted by Gasteiger charge is -2.36. The Labute approximate surface area is 122 Å². The summed E-state index contributed by atoms with van der Waals surface area (Å²) in [5.41, 5.74) is 0.712. The highest BCUT2D eigenvalue weighted by molar-refractivity contribution is 9.10. The number of halogens is 1. The zero-order chi connectivity index (χ0) is 13.3. The summed E-state index contributed by atoms with van der Waals surface area (Å²) in [6, 6.07) is 5.91. The standard InChI is InChI=1S/C14H18BrNOS/c1-9-5-6-16(10(2)7-9)14(17)12-8-11(18)3-4-13(12)15/h3-4,8-10,18H,5-7H2,1-2H3. The fourth-order valence-electron chi connectivity index (χ4n) is 2.54. The van der Waals surface area contributed by atoms with Gasteiger partial charge >= 0.3 is 0 Å². The van der Waals surface area contributed by atoms with Crippen LogP contribution in [0.1, 0.15) is 37.0 Å². The van der Waals surface area contributed by atoms with E-state index in [1.807, 2.05) is 23.1 Å². The normalized spacial score (nSPS) is 24.1. The van der Waals surface area contributed by atoms with Gasteiger partial charge in [0.1, 0.15) is 0 Å². The molecule has 1 fully saturated rings. The molecule has 98 valence electrons. The van der Waals surface area contributed by atoms with Crippen LogP contribution in [0.4, 0.5) is 0 Å². The maximum Gasteiger partial charge on any atom is 0.255 e. The molecule has 4 heteroatoms. The molecule has 2 nitrogen and oxygen atoms in total. The molecule has 1 aliphatic rings. The van der Waals surface area contributed by atoms with E-state index in [4.69, 9.17) is 0 Å². The van der Waals surface area contributed by atoms with E-state index < -0.39 is 0 Å². The second-order valence-corrected chi connectivity index (χ2v) is 6.51. The molecule has 1 aliphatic heterocycles. The van der Waals surface area contributed by atoms with Crippen LogP contribution in [-0.4, -0.2) is 23.4 Å². The van der Waals surface area contributed by atoms with Gasteiger partial charge in [-0.15, -0.1) is 12.6 Å².